The first-order chi connectivity index (χ1) is 13.0. The van der Waals surface area contributed by atoms with E-state index in [0.717, 1.165) is 5.56 Å². The van der Waals surface area contributed by atoms with Crippen LogP contribution in [0.1, 0.15) is 42.3 Å². The van der Waals surface area contributed by atoms with Crippen LogP contribution in [0.4, 0.5) is 13.6 Å². The molecule has 0 unspecified atom stereocenters. The van der Waals surface area contributed by atoms with E-state index in [9.17, 15) is 9.59 Å². The predicted octanol–water partition coefficient (Wildman–Crippen LogP) is 4.95. The van der Waals surface area contributed by atoms with Gasteiger partial charge in [-0.1, -0.05) is 60.2 Å². The van der Waals surface area contributed by atoms with E-state index >= 15 is 8.78 Å². The molecular formula is C22H25F2NO3. The van der Waals surface area contributed by atoms with Crippen LogP contribution in [0.3, 0.4) is 0 Å². The van der Waals surface area contributed by atoms with Gasteiger partial charge in [0.25, 0.3) is 0 Å². The smallest absolute Gasteiger partial charge is 0.408 e. The normalized spacial score (nSPS) is 12.9. The number of rotatable bonds is 6. The quantitative estimate of drug-likeness (QED) is 0.712. The molecule has 1 amide bonds. The second-order valence-electron chi connectivity index (χ2n) is 7.71. The standard InChI is InChI=1S/C22H25F2NO3/c1-15-10-12-17(13-11-15)19(26)22(23,24)18(14-16-8-6-5-7-9-16)25-20(27)28-21(2,3)4/h5-13,18H,14H2,1-4H3,(H,25,27)/t18-/m0/s1. The van der Waals surface area contributed by atoms with Gasteiger partial charge in [-0.15, -0.1) is 0 Å². The number of nitrogens with one attached hydrogen (secondary N) is 1. The average molecular weight is 389 g/mol. The summed E-state index contributed by atoms with van der Waals surface area (Å²) in [5, 5.41) is 2.19. The lowest BCUT2D eigenvalue weighted by atomic mass is 9.94. The van der Waals surface area contributed by atoms with E-state index < -0.39 is 29.4 Å². The number of benzene rings is 2. The SMILES string of the molecule is Cc1ccc(C(=O)C(F)(F)[C@H](Cc2ccccc2)NC(=O)OC(C)(C)C)cc1. The molecule has 2 rings (SSSR count). The molecule has 6 heteroatoms. The van der Waals surface area contributed by atoms with Crippen molar-refractivity contribution in [2.75, 3.05) is 0 Å². The number of carbonyl (C=O) groups is 2. The molecule has 0 saturated carbocycles. The van der Waals surface area contributed by atoms with Gasteiger partial charge in [0.15, 0.2) is 0 Å². The molecule has 1 atom stereocenters. The maximum Gasteiger partial charge on any atom is 0.408 e. The fourth-order valence-electron chi connectivity index (χ4n) is 2.63. The van der Waals surface area contributed by atoms with Crippen LogP contribution < -0.4 is 5.32 Å². The third-order valence-corrected chi connectivity index (χ3v) is 4.03. The molecule has 0 fully saturated rings. The number of hydrogen-bond donors (Lipinski definition) is 1. The first kappa shape index (κ1) is 21.5. The number of ketones is 1. The van der Waals surface area contributed by atoms with Gasteiger partial charge in [-0.2, -0.15) is 8.78 Å². The summed E-state index contributed by atoms with van der Waals surface area (Å²) in [6, 6.07) is 12.7. The van der Waals surface area contributed by atoms with Gasteiger partial charge in [-0.05, 0) is 39.7 Å². The van der Waals surface area contributed by atoms with Gasteiger partial charge < -0.3 is 10.1 Å². The van der Waals surface area contributed by atoms with Gasteiger partial charge in [0.2, 0.25) is 5.78 Å². The van der Waals surface area contributed by atoms with Gasteiger partial charge in [0.1, 0.15) is 11.6 Å². The molecule has 0 radical (unpaired) electrons. The molecule has 28 heavy (non-hydrogen) atoms. The summed E-state index contributed by atoms with van der Waals surface area (Å²) in [6.07, 6.45) is -1.21. The Morgan fingerprint density at radius 1 is 1.00 bits per heavy atom. The maximum atomic E-state index is 15.1. The van der Waals surface area contributed by atoms with Crippen molar-refractivity contribution in [1.29, 1.82) is 0 Å². The average Bonchev–Trinajstić information content (AvgIpc) is 2.60. The Kier molecular flexibility index (Phi) is 6.54. The van der Waals surface area contributed by atoms with Crippen LogP contribution in [0.15, 0.2) is 54.6 Å². The molecule has 0 heterocycles. The van der Waals surface area contributed by atoms with Crippen molar-refractivity contribution < 1.29 is 23.1 Å². The monoisotopic (exact) mass is 389 g/mol. The molecule has 0 aliphatic rings. The number of alkyl carbamates (subject to hydrolysis) is 1. The van der Waals surface area contributed by atoms with Crippen LogP contribution in [0.25, 0.3) is 0 Å². The van der Waals surface area contributed by atoms with E-state index in [1.54, 1.807) is 70.2 Å². The largest absolute Gasteiger partial charge is 0.444 e. The highest BCUT2D eigenvalue weighted by atomic mass is 19.3. The number of aryl methyl sites for hydroxylation is 1. The third-order valence-electron chi connectivity index (χ3n) is 4.03. The van der Waals surface area contributed by atoms with E-state index in [1.165, 1.54) is 12.1 Å². The molecule has 0 saturated heterocycles. The number of alkyl halides is 2. The lowest BCUT2D eigenvalue weighted by Gasteiger charge is -2.28. The number of carbonyl (C=O) groups excluding carboxylic acids is 2. The summed E-state index contributed by atoms with van der Waals surface area (Å²) in [5.74, 6) is -5.16. The summed E-state index contributed by atoms with van der Waals surface area (Å²) < 4.78 is 35.4. The highest BCUT2D eigenvalue weighted by Crippen LogP contribution is 2.27. The van der Waals surface area contributed by atoms with Crippen LogP contribution in [0.2, 0.25) is 0 Å². The fraction of sp³-hybridized carbons (Fsp3) is 0.364. The predicted molar refractivity (Wildman–Crippen MR) is 104 cm³/mol. The van der Waals surface area contributed by atoms with Crippen molar-refractivity contribution in [2.45, 2.75) is 51.7 Å². The maximum absolute atomic E-state index is 15.1. The van der Waals surface area contributed by atoms with E-state index in [0.29, 0.717) is 5.56 Å². The van der Waals surface area contributed by atoms with Crippen LogP contribution in [-0.2, 0) is 11.2 Å². The highest BCUT2D eigenvalue weighted by molar-refractivity contribution is 6.02. The topological polar surface area (TPSA) is 55.4 Å². The first-order valence-corrected chi connectivity index (χ1v) is 9.02. The van der Waals surface area contributed by atoms with Crippen LogP contribution in [0, 0.1) is 6.92 Å². The van der Waals surface area contributed by atoms with Gasteiger partial charge in [-0.3, -0.25) is 4.79 Å². The molecule has 0 aliphatic carbocycles. The van der Waals surface area contributed by atoms with Gasteiger partial charge in [0, 0.05) is 5.56 Å². The Bertz CT molecular complexity index is 812. The number of halogens is 2. The number of Topliss-reactive ketones (excluding diaryl/α,β-unsaturated/α-hetero) is 1. The van der Waals surface area contributed by atoms with E-state index in [1.807, 2.05) is 0 Å². The zero-order chi connectivity index (χ0) is 20.9. The van der Waals surface area contributed by atoms with Gasteiger partial charge in [-0.25, -0.2) is 4.79 Å². The summed E-state index contributed by atoms with van der Waals surface area (Å²) in [5.41, 5.74) is 0.463. The molecule has 2 aromatic carbocycles. The minimum Gasteiger partial charge on any atom is -0.444 e. The minimum absolute atomic E-state index is 0.111. The number of amides is 1. The molecule has 0 aliphatic heterocycles. The zero-order valence-corrected chi connectivity index (χ0v) is 16.5. The summed E-state index contributed by atoms with van der Waals surface area (Å²) in [4.78, 5) is 24.7. The first-order valence-electron chi connectivity index (χ1n) is 9.02. The molecule has 150 valence electrons. The Balaban J connectivity index is 2.30. The van der Waals surface area contributed by atoms with Gasteiger partial charge >= 0.3 is 12.0 Å². The summed E-state index contributed by atoms with van der Waals surface area (Å²) >= 11 is 0. The summed E-state index contributed by atoms with van der Waals surface area (Å²) in [7, 11) is 0. The van der Waals surface area contributed by atoms with Crippen molar-refractivity contribution in [1.82, 2.24) is 5.32 Å². The minimum atomic E-state index is -3.82. The number of hydrogen-bond acceptors (Lipinski definition) is 3. The molecule has 1 N–H and O–H groups in total. The van der Waals surface area contributed by atoms with Crippen LogP contribution in [-0.4, -0.2) is 29.4 Å². The molecule has 0 aromatic heterocycles. The van der Waals surface area contributed by atoms with Crippen molar-refractivity contribution >= 4 is 11.9 Å². The second kappa shape index (κ2) is 8.50. The Morgan fingerprint density at radius 3 is 2.11 bits per heavy atom. The van der Waals surface area contributed by atoms with Crippen molar-refractivity contribution in [2.24, 2.45) is 0 Å². The Hall–Kier alpha value is -2.76. The molecule has 2 aromatic rings. The molecular weight excluding hydrogens is 364 g/mol. The molecule has 4 nitrogen and oxygen atoms in total. The van der Waals surface area contributed by atoms with E-state index in [4.69, 9.17) is 4.74 Å². The number of ether oxygens (including phenoxy) is 1. The van der Waals surface area contributed by atoms with E-state index in [-0.39, 0.29) is 12.0 Å². The van der Waals surface area contributed by atoms with Crippen molar-refractivity contribution in [3.05, 3.63) is 71.3 Å². The van der Waals surface area contributed by atoms with Crippen molar-refractivity contribution in [3.8, 4) is 0 Å². The second-order valence-corrected chi connectivity index (χ2v) is 7.71. The zero-order valence-electron chi connectivity index (χ0n) is 16.5. The molecule has 0 bridgehead atoms. The third kappa shape index (κ3) is 5.87. The van der Waals surface area contributed by atoms with E-state index in [2.05, 4.69) is 5.32 Å². The molecule has 0 spiro atoms. The summed E-state index contributed by atoms with van der Waals surface area (Å²) in [6.45, 7) is 6.70. The lowest BCUT2D eigenvalue weighted by Crippen LogP contribution is -2.54. The Morgan fingerprint density at radius 2 is 1.57 bits per heavy atom. The highest BCUT2D eigenvalue weighted by Gasteiger charge is 2.48. The lowest BCUT2D eigenvalue weighted by molar-refractivity contribution is -0.0198. The Labute approximate surface area is 163 Å². The van der Waals surface area contributed by atoms with Gasteiger partial charge in [0.05, 0.1) is 0 Å². The fourth-order valence-corrected chi connectivity index (χ4v) is 2.63. The van der Waals surface area contributed by atoms with Crippen LogP contribution in [0.5, 0.6) is 0 Å². The van der Waals surface area contributed by atoms with Crippen LogP contribution >= 0.6 is 0 Å². The van der Waals surface area contributed by atoms with Crippen molar-refractivity contribution in [3.63, 3.8) is 0 Å².